The zero-order valence-corrected chi connectivity index (χ0v) is 7.34. The van der Waals surface area contributed by atoms with Crippen molar-refractivity contribution in [3.05, 3.63) is 42.0 Å². The van der Waals surface area contributed by atoms with Crippen LogP contribution in [0.4, 0.5) is 0 Å². The van der Waals surface area contributed by atoms with E-state index in [0.29, 0.717) is 12.1 Å². The van der Waals surface area contributed by atoms with E-state index in [1.54, 1.807) is 0 Å². The van der Waals surface area contributed by atoms with Gasteiger partial charge in [0.1, 0.15) is 0 Å². The highest BCUT2D eigenvalue weighted by Crippen LogP contribution is 2.20. The predicted molar refractivity (Wildman–Crippen MR) is 52.2 cm³/mol. The van der Waals surface area contributed by atoms with Gasteiger partial charge in [-0.05, 0) is 17.5 Å². The third kappa shape index (κ3) is 1.35. The standard InChI is InChI=1S/C11H11NO/c1-8-10-5-3-2-4-9(10)6-7-12-11(8)13/h2-5H,1,6-7H2,(H,12,13). The second kappa shape index (κ2) is 3.05. The number of carbonyl (C=O) groups is 1. The van der Waals surface area contributed by atoms with Crippen LogP contribution in [0.3, 0.4) is 0 Å². The Morgan fingerprint density at radius 3 is 2.92 bits per heavy atom. The van der Waals surface area contributed by atoms with Gasteiger partial charge in [0.15, 0.2) is 0 Å². The van der Waals surface area contributed by atoms with Gasteiger partial charge < -0.3 is 5.32 Å². The number of nitrogens with one attached hydrogen (secondary N) is 1. The lowest BCUT2D eigenvalue weighted by Gasteiger charge is -2.03. The van der Waals surface area contributed by atoms with E-state index in [-0.39, 0.29) is 5.91 Å². The first-order chi connectivity index (χ1) is 6.29. The van der Waals surface area contributed by atoms with Gasteiger partial charge in [-0.1, -0.05) is 30.8 Å². The number of amides is 1. The van der Waals surface area contributed by atoms with Crippen LogP contribution >= 0.6 is 0 Å². The van der Waals surface area contributed by atoms with Crippen molar-refractivity contribution in [3.63, 3.8) is 0 Å². The predicted octanol–water partition coefficient (Wildman–Crippen LogP) is 1.37. The number of fused-ring (bicyclic) bond motifs is 1. The maximum absolute atomic E-state index is 11.4. The molecule has 1 N–H and O–H groups in total. The van der Waals surface area contributed by atoms with Crippen LogP contribution in [0.25, 0.3) is 5.57 Å². The van der Waals surface area contributed by atoms with Crippen molar-refractivity contribution < 1.29 is 4.79 Å². The quantitative estimate of drug-likeness (QED) is 0.590. The average molecular weight is 173 g/mol. The smallest absolute Gasteiger partial charge is 0.251 e. The SMILES string of the molecule is C=C1C(=O)NCCc2ccccc21. The van der Waals surface area contributed by atoms with Crippen molar-refractivity contribution in [2.75, 3.05) is 6.54 Å². The van der Waals surface area contributed by atoms with Gasteiger partial charge in [0.2, 0.25) is 0 Å². The minimum absolute atomic E-state index is 0.0510. The molecule has 66 valence electrons. The number of hydrogen-bond donors (Lipinski definition) is 1. The van der Waals surface area contributed by atoms with E-state index in [4.69, 9.17) is 0 Å². The average Bonchev–Trinajstić information content (AvgIpc) is 2.29. The molecule has 1 heterocycles. The molecule has 2 heteroatoms. The van der Waals surface area contributed by atoms with Gasteiger partial charge in [-0.15, -0.1) is 0 Å². The van der Waals surface area contributed by atoms with E-state index in [1.807, 2.05) is 24.3 Å². The zero-order chi connectivity index (χ0) is 9.26. The molecule has 0 aliphatic carbocycles. The van der Waals surface area contributed by atoms with Gasteiger partial charge >= 0.3 is 0 Å². The fourth-order valence-electron chi connectivity index (χ4n) is 1.57. The van der Waals surface area contributed by atoms with Crippen molar-refractivity contribution in [3.8, 4) is 0 Å². The molecule has 0 atom stereocenters. The fourth-order valence-corrected chi connectivity index (χ4v) is 1.57. The number of benzene rings is 1. The van der Waals surface area contributed by atoms with Crippen molar-refractivity contribution >= 4 is 11.5 Å². The first-order valence-corrected chi connectivity index (χ1v) is 4.34. The summed E-state index contributed by atoms with van der Waals surface area (Å²) in [6.07, 6.45) is 0.890. The normalized spacial score (nSPS) is 16.0. The summed E-state index contributed by atoms with van der Waals surface area (Å²) < 4.78 is 0. The molecule has 0 saturated carbocycles. The zero-order valence-electron chi connectivity index (χ0n) is 7.34. The first kappa shape index (κ1) is 8.05. The minimum atomic E-state index is -0.0510. The van der Waals surface area contributed by atoms with E-state index in [0.717, 1.165) is 12.0 Å². The molecule has 2 rings (SSSR count). The Balaban J connectivity index is 2.52. The molecule has 13 heavy (non-hydrogen) atoms. The molecule has 1 aromatic carbocycles. The molecule has 0 radical (unpaired) electrons. The summed E-state index contributed by atoms with van der Waals surface area (Å²) in [7, 11) is 0. The van der Waals surface area contributed by atoms with E-state index < -0.39 is 0 Å². The molecule has 1 aliphatic heterocycles. The highest BCUT2D eigenvalue weighted by molar-refractivity contribution is 6.19. The Morgan fingerprint density at radius 2 is 2.08 bits per heavy atom. The molecule has 1 aliphatic rings. The number of rotatable bonds is 0. The Bertz CT molecular complexity index is 368. The van der Waals surface area contributed by atoms with E-state index in [2.05, 4.69) is 11.9 Å². The summed E-state index contributed by atoms with van der Waals surface area (Å²) in [4.78, 5) is 11.4. The highest BCUT2D eigenvalue weighted by Gasteiger charge is 2.15. The molecule has 2 nitrogen and oxygen atoms in total. The fraction of sp³-hybridized carbons (Fsp3) is 0.182. The van der Waals surface area contributed by atoms with E-state index in [1.165, 1.54) is 5.56 Å². The lowest BCUT2D eigenvalue weighted by atomic mass is 10.0. The number of carbonyl (C=O) groups excluding carboxylic acids is 1. The van der Waals surface area contributed by atoms with Crippen molar-refractivity contribution in [1.82, 2.24) is 5.32 Å². The van der Waals surface area contributed by atoms with Gasteiger partial charge in [-0.3, -0.25) is 4.79 Å². The largest absolute Gasteiger partial charge is 0.352 e. The number of hydrogen-bond acceptors (Lipinski definition) is 1. The topological polar surface area (TPSA) is 29.1 Å². The van der Waals surface area contributed by atoms with Crippen LogP contribution in [0, 0.1) is 0 Å². The van der Waals surface area contributed by atoms with Crippen LogP contribution in [0.1, 0.15) is 11.1 Å². The third-order valence-corrected chi connectivity index (χ3v) is 2.30. The summed E-state index contributed by atoms with van der Waals surface area (Å²) in [5.74, 6) is -0.0510. The lowest BCUT2D eigenvalue weighted by molar-refractivity contribution is -0.115. The third-order valence-electron chi connectivity index (χ3n) is 2.30. The summed E-state index contributed by atoms with van der Waals surface area (Å²) in [6.45, 7) is 4.49. The summed E-state index contributed by atoms with van der Waals surface area (Å²) >= 11 is 0. The van der Waals surface area contributed by atoms with Crippen LogP contribution in [0.2, 0.25) is 0 Å². The van der Waals surface area contributed by atoms with Crippen LogP contribution < -0.4 is 5.32 Å². The van der Waals surface area contributed by atoms with Gasteiger partial charge in [0.25, 0.3) is 5.91 Å². The molecular formula is C11H11NO. The molecule has 1 amide bonds. The Kier molecular flexibility index (Phi) is 1.89. The van der Waals surface area contributed by atoms with Gasteiger partial charge in [-0.2, -0.15) is 0 Å². The van der Waals surface area contributed by atoms with Crippen molar-refractivity contribution in [2.45, 2.75) is 6.42 Å². The molecule has 1 aromatic rings. The van der Waals surface area contributed by atoms with Crippen molar-refractivity contribution in [1.29, 1.82) is 0 Å². The second-order valence-corrected chi connectivity index (χ2v) is 3.14. The molecule has 0 aromatic heterocycles. The molecule has 0 spiro atoms. The van der Waals surface area contributed by atoms with Gasteiger partial charge in [0.05, 0.1) is 0 Å². The van der Waals surface area contributed by atoms with Gasteiger partial charge in [-0.25, -0.2) is 0 Å². The summed E-state index contributed by atoms with van der Waals surface area (Å²) in [5, 5.41) is 2.80. The molecule has 0 unspecified atom stereocenters. The Labute approximate surface area is 77.3 Å². The monoisotopic (exact) mass is 173 g/mol. The van der Waals surface area contributed by atoms with Crippen LogP contribution in [0.5, 0.6) is 0 Å². The minimum Gasteiger partial charge on any atom is -0.352 e. The molecule has 0 fully saturated rings. The second-order valence-electron chi connectivity index (χ2n) is 3.14. The van der Waals surface area contributed by atoms with Crippen LogP contribution in [0.15, 0.2) is 30.8 Å². The summed E-state index contributed by atoms with van der Waals surface area (Å²) in [5.41, 5.74) is 2.76. The maximum Gasteiger partial charge on any atom is 0.251 e. The Morgan fingerprint density at radius 1 is 1.31 bits per heavy atom. The molecule has 0 bridgehead atoms. The highest BCUT2D eigenvalue weighted by atomic mass is 16.1. The van der Waals surface area contributed by atoms with Crippen LogP contribution in [-0.2, 0) is 11.2 Å². The van der Waals surface area contributed by atoms with E-state index >= 15 is 0 Å². The first-order valence-electron chi connectivity index (χ1n) is 4.34. The maximum atomic E-state index is 11.4. The van der Waals surface area contributed by atoms with Crippen LogP contribution in [-0.4, -0.2) is 12.5 Å². The molecule has 0 saturated heterocycles. The van der Waals surface area contributed by atoms with E-state index in [9.17, 15) is 4.79 Å². The summed E-state index contributed by atoms with van der Waals surface area (Å²) in [6, 6.07) is 7.91. The van der Waals surface area contributed by atoms with Gasteiger partial charge in [0, 0.05) is 12.1 Å². The lowest BCUT2D eigenvalue weighted by Crippen LogP contribution is -2.23. The Hall–Kier alpha value is -1.57. The molecular weight excluding hydrogens is 162 g/mol. The van der Waals surface area contributed by atoms with Crippen molar-refractivity contribution in [2.24, 2.45) is 0 Å².